The third kappa shape index (κ3) is 4.75. The van der Waals surface area contributed by atoms with Crippen LogP contribution in [0, 0.1) is 23.5 Å². The van der Waals surface area contributed by atoms with Crippen LogP contribution in [0.2, 0.25) is 0 Å². The molecule has 32 heavy (non-hydrogen) atoms. The number of ether oxygens (including phenoxy) is 2. The Hall–Kier alpha value is -2.59. The van der Waals surface area contributed by atoms with E-state index in [2.05, 4.69) is 15.0 Å². The number of aldehydes is 1. The van der Waals surface area contributed by atoms with Gasteiger partial charge in [-0.15, -0.1) is 0 Å². The van der Waals surface area contributed by atoms with Crippen LogP contribution in [0.5, 0.6) is 5.75 Å². The van der Waals surface area contributed by atoms with E-state index in [1.54, 1.807) is 7.11 Å². The SMILES string of the molecule is COCc1noc(N2CCC(C3(N)CC3CCOc3cc(F)c(CC=O)c(F)c3)CC2)n1. The number of piperidine rings is 1. The number of anilines is 1. The number of nitrogens with zero attached hydrogens (tertiary/aromatic N) is 3. The van der Waals surface area contributed by atoms with Gasteiger partial charge in [0.25, 0.3) is 0 Å². The number of carbonyl (C=O) groups is 1. The highest BCUT2D eigenvalue weighted by molar-refractivity contribution is 5.55. The molecule has 0 bridgehead atoms. The van der Waals surface area contributed by atoms with Crippen molar-refractivity contribution in [3.63, 3.8) is 0 Å². The lowest BCUT2D eigenvalue weighted by molar-refractivity contribution is -0.107. The highest BCUT2D eigenvalue weighted by atomic mass is 19.1. The van der Waals surface area contributed by atoms with Crippen molar-refractivity contribution in [3.8, 4) is 5.75 Å². The number of aromatic nitrogens is 2. The third-order valence-electron chi connectivity index (χ3n) is 6.59. The number of nitrogens with two attached hydrogens (primary N) is 1. The Morgan fingerprint density at radius 1 is 1.31 bits per heavy atom. The summed E-state index contributed by atoms with van der Waals surface area (Å²) in [4.78, 5) is 16.9. The minimum absolute atomic E-state index is 0.124. The fourth-order valence-corrected chi connectivity index (χ4v) is 4.67. The van der Waals surface area contributed by atoms with E-state index in [0.29, 0.717) is 43.2 Å². The number of rotatable bonds is 10. The quantitative estimate of drug-likeness (QED) is 0.551. The van der Waals surface area contributed by atoms with Crippen molar-refractivity contribution in [3.05, 3.63) is 35.2 Å². The van der Waals surface area contributed by atoms with Crippen LogP contribution in [0.1, 0.15) is 37.1 Å². The molecule has 1 aliphatic heterocycles. The van der Waals surface area contributed by atoms with Crippen LogP contribution in [0.4, 0.5) is 14.8 Å². The standard InChI is InChI=1S/C22H28F2N4O4/c1-30-13-20-26-21(32-27-20)28-6-2-14(3-7-28)22(25)12-15(22)5-9-31-16-10-18(23)17(4-8-29)19(24)11-16/h8,10-11,14-15H,2-7,9,12-13,25H2,1H3. The number of hydrogen-bond acceptors (Lipinski definition) is 8. The topological polar surface area (TPSA) is 104 Å². The predicted octanol–water partition coefficient (Wildman–Crippen LogP) is 2.64. The lowest BCUT2D eigenvalue weighted by atomic mass is 9.86. The normalized spacial score (nSPS) is 23.4. The van der Waals surface area contributed by atoms with E-state index in [0.717, 1.165) is 50.9 Å². The maximum absolute atomic E-state index is 13.9. The van der Waals surface area contributed by atoms with Crippen LogP contribution in [0.25, 0.3) is 0 Å². The zero-order chi connectivity index (χ0) is 22.7. The van der Waals surface area contributed by atoms with Gasteiger partial charge in [0.1, 0.15) is 30.3 Å². The molecule has 4 rings (SSSR count). The lowest BCUT2D eigenvalue weighted by Gasteiger charge is -2.34. The summed E-state index contributed by atoms with van der Waals surface area (Å²) in [6, 6.07) is 2.76. The van der Waals surface area contributed by atoms with Gasteiger partial charge in [-0.05, 0) is 37.5 Å². The second-order valence-corrected chi connectivity index (χ2v) is 8.57. The van der Waals surface area contributed by atoms with Gasteiger partial charge in [0, 0.05) is 49.9 Å². The van der Waals surface area contributed by atoms with E-state index in [-0.39, 0.29) is 23.3 Å². The van der Waals surface area contributed by atoms with Gasteiger partial charge in [0.2, 0.25) is 0 Å². The minimum atomic E-state index is -0.769. The molecule has 10 heteroatoms. The molecule has 0 radical (unpaired) electrons. The van der Waals surface area contributed by atoms with Gasteiger partial charge >= 0.3 is 6.01 Å². The fourth-order valence-electron chi connectivity index (χ4n) is 4.67. The molecule has 2 aliphatic rings. The molecular formula is C22H28F2N4O4. The van der Waals surface area contributed by atoms with E-state index >= 15 is 0 Å². The first-order valence-corrected chi connectivity index (χ1v) is 10.8. The van der Waals surface area contributed by atoms with E-state index in [9.17, 15) is 13.6 Å². The predicted molar refractivity (Wildman–Crippen MR) is 111 cm³/mol. The first kappa shape index (κ1) is 22.6. The maximum Gasteiger partial charge on any atom is 0.324 e. The van der Waals surface area contributed by atoms with Crippen LogP contribution >= 0.6 is 0 Å². The van der Waals surface area contributed by atoms with Crippen molar-refractivity contribution in [2.45, 2.75) is 44.2 Å². The van der Waals surface area contributed by atoms with Crippen LogP contribution < -0.4 is 15.4 Å². The summed E-state index contributed by atoms with van der Waals surface area (Å²) in [6.07, 6.45) is 3.69. The maximum atomic E-state index is 13.9. The van der Waals surface area contributed by atoms with Crippen molar-refractivity contribution in [1.29, 1.82) is 0 Å². The van der Waals surface area contributed by atoms with Crippen LogP contribution in [-0.2, 0) is 22.6 Å². The third-order valence-corrected chi connectivity index (χ3v) is 6.59. The second-order valence-electron chi connectivity index (χ2n) is 8.57. The minimum Gasteiger partial charge on any atom is -0.493 e. The van der Waals surface area contributed by atoms with Gasteiger partial charge in [-0.3, -0.25) is 0 Å². The molecular weight excluding hydrogens is 422 g/mol. The van der Waals surface area contributed by atoms with E-state index in [1.165, 1.54) is 0 Å². The molecule has 174 valence electrons. The summed E-state index contributed by atoms with van der Waals surface area (Å²) in [5.41, 5.74) is 6.21. The van der Waals surface area contributed by atoms with Crippen molar-refractivity contribution >= 4 is 12.3 Å². The largest absolute Gasteiger partial charge is 0.493 e. The van der Waals surface area contributed by atoms with Crippen LogP contribution in [0.15, 0.2) is 16.7 Å². The zero-order valence-electron chi connectivity index (χ0n) is 18.1. The van der Waals surface area contributed by atoms with Crippen molar-refractivity contribution in [2.75, 3.05) is 31.7 Å². The Morgan fingerprint density at radius 3 is 2.69 bits per heavy atom. The average molecular weight is 450 g/mol. The molecule has 1 aromatic heterocycles. The van der Waals surface area contributed by atoms with Gasteiger partial charge in [-0.25, -0.2) is 8.78 Å². The highest BCUT2D eigenvalue weighted by Crippen LogP contribution is 2.52. The molecule has 2 fully saturated rings. The summed E-state index contributed by atoms with van der Waals surface area (Å²) in [5, 5.41) is 3.90. The number of carbonyl (C=O) groups excluding carboxylic acids is 1. The van der Waals surface area contributed by atoms with Gasteiger partial charge in [-0.2, -0.15) is 4.98 Å². The molecule has 2 N–H and O–H groups in total. The van der Waals surface area contributed by atoms with Gasteiger partial charge < -0.3 is 29.4 Å². The fraction of sp³-hybridized carbons (Fsp3) is 0.591. The first-order chi connectivity index (χ1) is 15.4. The number of halogens is 2. The average Bonchev–Trinajstić information content (AvgIpc) is 3.21. The zero-order valence-corrected chi connectivity index (χ0v) is 18.1. The Labute approximate surface area is 185 Å². The molecule has 1 aromatic carbocycles. The van der Waals surface area contributed by atoms with Crippen molar-refractivity contribution in [2.24, 2.45) is 17.6 Å². The second kappa shape index (κ2) is 9.50. The van der Waals surface area contributed by atoms with Gasteiger partial charge in [-0.1, -0.05) is 5.16 Å². The van der Waals surface area contributed by atoms with Gasteiger partial charge in [0.15, 0.2) is 5.82 Å². The monoisotopic (exact) mass is 450 g/mol. The number of benzene rings is 1. The number of hydrogen-bond donors (Lipinski definition) is 1. The molecule has 1 saturated carbocycles. The Bertz CT molecular complexity index is 925. The molecule has 0 amide bonds. The Morgan fingerprint density at radius 2 is 2.03 bits per heavy atom. The summed E-state index contributed by atoms with van der Waals surface area (Å²) >= 11 is 0. The van der Waals surface area contributed by atoms with Crippen LogP contribution in [-0.4, -0.2) is 48.8 Å². The summed E-state index contributed by atoms with van der Waals surface area (Å²) in [6.45, 7) is 2.25. The number of methoxy groups -OCH3 is 1. The van der Waals surface area contributed by atoms with Crippen molar-refractivity contribution < 1.29 is 27.6 Å². The lowest BCUT2D eigenvalue weighted by Crippen LogP contribution is -2.44. The summed E-state index contributed by atoms with van der Waals surface area (Å²) in [7, 11) is 1.58. The molecule has 8 nitrogen and oxygen atoms in total. The Balaban J connectivity index is 1.23. The highest BCUT2D eigenvalue weighted by Gasteiger charge is 2.55. The van der Waals surface area contributed by atoms with Gasteiger partial charge in [0.05, 0.1) is 6.61 Å². The molecule has 2 unspecified atom stereocenters. The van der Waals surface area contributed by atoms with Crippen molar-refractivity contribution in [1.82, 2.24) is 10.1 Å². The van der Waals surface area contributed by atoms with Crippen LogP contribution in [0.3, 0.4) is 0 Å². The van der Waals surface area contributed by atoms with E-state index < -0.39 is 11.6 Å². The Kier molecular flexibility index (Phi) is 6.71. The molecule has 1 aliphatic carbocycles. The van der Waals surface area contributed by atoms with E-state index in [4.69, 9.17) is 19.7 Å². The molecule has 2 heterocycles. The van der Waals surface area contributed by atoms with E-state index in [1.807, 2.05) is 0 Å². The summed E-state index contributed by atoms with van der Waals surface area (Å²) < 4.78 is 43.8. The molecule has 2 aromatic rings. The molecule has 0 spiro atoms. The molecule has 2 atom stereocenters. The smallest absolute Gasteiger partial charge is 0.324 e. The molecule has 1 saturated heterocycles. The first-order valence-electron chi connectivity index (χ1n) is 10.8. The summed E-state index contributed by atoms with van der Waals surface area (Å²) in [5.74, 6) is -0.176.